The first-order valence-corrected chi connectivity index (χ1v) is 3.35. The number of methoxy groups -OCH3 is 1. The van der Waals surface area contributed by atoms with Gasteiger partial charge >= 0.3 is 0 Å². The second-order valence-corrected chi connectivity index (χ2v) is 1.96. The molecule has 0 saturated carbocycles. The summed E-state index contributed by atoms with van der Waals surface area (Å²) in [6.45, 7) is 4.47. The van der Waals surface area contributed by atoms with Gasteiger partial charge in [-0.3, -0.25) is 0 Å². The molecule has 0 unspecified atom stereocenters. The van der Waals surface area contributed by atoms with Gasteiger partial charge < -0.3 is 4.74 Å². The van der Waals surface area contributed by atoms with E-state index in [9.17, 15) is 0 Å². The lowest BCUT2D eigenvalue weighted by Gasteiger charge is -1.94. The Morgan fingerprint density at radius 1 is 1.44 bits per heavy atom. The molecule has 0 bridgehead atoms. The highest BCUT2D eigenvalue weighted by Gasteiger charge is 1.82. The largest absolute Gasteiger partial charge is 0.385 e. The number of unbranched alkanes of at least 4 members (excludes halogenated alkanes) is 2. The minimum Gasteiger partial charge on any atom is -0.385 e. The number of rotatable bonds is 5. The molecule has 0 fully saturated rings. The molecule has 53 valence electrons. The molecule has 0 saturated heterocycles. The zero-order chi connectivity index (χ0) is 6.95. The third-order valence-corrected chi connectivity index (χ3v) is 1.14. The Bertz CT molecular complexity index is 67.0. The van der Waals surface area contributed by atoms with Crippen molar-refractivity contribution in [3.05, 3.63) is 19.1 Å². The second-order valence-electron chi connectivity index (χ2n) is 1.96. The SMILES string of the molecule is [CH2]/C=C/CCCCOC. The van der Waals surface area contributed by atoms with Gasteiger partial charge in [0.25, 0.3) is 0 Å². The average Bonchev–Trinajstić information content (AvgIpc) is 1.89. The van der Waals surface area contributed by atoms with Crippen molar-refractivity contribution in [2.24, 2.45) is 0 Å². The quantitative estimate of drug-likeness (QED) is 0.514. The molecule has 0 aromatic carbocycles. The lowest BCUT2D eigenvalue weighted by Crippen LogP contribution is -1.86. The predicted molar refractivity (Wildman–Crippen MR) is 40.2 cm³/mol. The molecule has 1 nitrogen and oxygen atoms in total. The van der Waals surface area contributed by atoms with E-state index >= 15 is 0 Å². The van der Waals surface area contributed by atoms with Gasteiger partial charge in [0.2, 0.25) is 0 Å². The third kappa shape index (κ3) is 7.70. The normalized spacial score (nSPS) is 10.9. The van der Waals surface area contributed by atoms with Gasteiger partial charge in [-0.15, -0.1) is 0 Å². The summed E-state index contributed by atoms with van der Waals surface area (Å²) in [5, 5.41) is 0. The standard InChI is InChI=1S/C8H15O/c1-3-4-5-6-7-8-9-2/h3-4H,1,5-8H2,2H3/b4-3+. The van der Waals surface area contributed by atoms with E-state index in [-0.39, 0.29) is 0 Å². The molecule has 1 radical (unpaired) electrons. The van der Waals surface area contributed by atoms with Crippen LogP contribution in [0.4, 0.5) is 0 Å². The number of hydrogen-bond donors (Lipinski definition) is 0. The van der Waals surface area contributed by atoms with Crippen LogP contribution in [-0.2, 0) is 4.74 Å². The van der Waals surface area contributed by atoms with Crippen LogP contribution in [0.15, 0.2) is 12.2 Å². The fourth-order valence-corrected chi connectivity index (χ4v) is 0.626. The van der Waals surface area contributed by atoms with Crippen LogP contribution < -0.4 is 0 Å². The zero-order valence-electron chi connectivity index (χ0n) is 6.10. The first-order chi connectivity index (χ1) is 4.41. The summed E-state index contributed by atoms with van der Waals surface area (Å²) in [6, 6.07) is 0. The third-order valence-electron chi connectivity index (χ3n) is 1.14. The molecule has 9 heavy (non-hydrogen) atoms. The van der Waals surface area contributed by atoms with Crippen molar-refractivity contribution in [3.63, 3.8) is 0 Å². The van der Waals surface area contributed by atoms with Gasteiger partial charge in [0, 0.05) is 13.7 Å². The van der Waals surface area contributed by atoms with E-state index < -0.39 is 0 Å². The van der Waals surface area contributed by atoms with Crippen LogP contribution in [0.25, 0.3) is 0 Å². The van der Waals surface area contributed by atoms with Crippen molar-refractivity contribution in [2.75, 3.05) is 13.7 Å². The average molecular weight is 127 g/mol. The molecule has 0 aliphatic carbocycles. The summed E-state index contributed by atoms with van der Waals surface area (Å²) in [7, 11) is 1.73. The summed E-state index contributed by atoms with van der Waals surface area (Å²) in [5.41, 5.74) is 0. The maximum Gasteiger partial charge on any atom is 0.0462 e. The van der Waals surface area contributed by atoms with Crippen LogP contribution in [0, 0.1) is 6.92 Å². The van der Waals surface area contributed by atoms with Crippen LogP contribution in [0.3, 0.4) is 0 Å². The lowest BCUT2D eigenvalue weighted by atomic mass is 10.2. The molecule has 1 heteroatoms. The van der Waals surface area contributed by atoms with Crippen molar-refractivity contribution in [3.8, 4) is 0 Å². The molecule has 0 amide bonds. The van der Waals surface area contributed by atoms with Gasteiger partial charge in [-0.2, -0.15) is 0 Å². The minimum absolute atomic E-state index is 0.880. The highest BCUT2D eigenvalue weighted by molar-refractivity contribution is 4.83. The van der Waals surface area contributed by atoms with Gasteiger partial charge in [0.15, 0.2) is 0 Å². The van der Waals surface area contributed by atoms with Crippen LogP contribution in [0.5, 0.6) is 0 Å². The van der Waals surface area contributed by atoms with Crippen molar-refractivity contribution in [2.45, 2.75) is 19.3 Å². The van der Waals surface area contributed by atoms with Crippen molar-refractivity contribution in [1.82, 2.24) is 0 Å². The van der Waals surface area contributed by atoms with Crippen molar-refractivity contribution >= 4 is 0 Å². The van der Waals surface area contributed by atoms with Gasteiger partial charge in [-0.25, -0.2) is 0 Å². The zero-order valence-corrected chi connectivity index (χ0v) is 6.10. The summed E-state index contributed by atoms with van der Waals surface area (Å²) >= 11 is 0. The Balaban J connectivity index is 2.75. The fourth-order valence-electron chi connectivity index (χ4n) is 0.626. The summed E-state index contributed by atoms with van der Waals surface area (Å²) in [5.74, 6) is 0. The van der Waals surface area contributed by atoms with Crippen molar-refractivity contribution in [1.29, 1.82) is 0 Å². The highest BCUT2D eigenvalue weighted by Crippen LogP contribution is 1.95. The predicted octanol–water partition coefficient (Wildman–Crippen LogP) is 2.19. The van der Waals surface area contributed by atoms with Crippen LogP contribution in [0.1, 0.15) is 19.3 Å². The molecule has 0 atom stereocenters. The van der Waals surface area contributed by atoms with E-state index in [4.69, 9.17) is 4.74 Å². The number of hydrogen-bond acceptors (Lipinski definition) is 1. The fraction of sp³-hybridized carbons (Fsp3) is 0.625. The molecule has 0 aliphatic heterocycles. The van der Waals surface area contributed by atoms with Gasteiger partial charge in [-0.1, -0.05) is 12.2 Å². The smallest absolute Gasteiger partial charge is 0.0462 e. The molecular formula is C8H15O. The first-order valence-electron chi connectivity index (χ1n) is 3.35. The van der Waals surface area contributed by atoms with Gasteiger partial charge in [0.1, 0.15) is 0 Å². The Hall–Kier alpha value is -0.300. The Morgan fingerprint density at radius 2 is 2.22 bits per heavy atom. The van der Waals surface area contributed by atoms with E-state index in [0.717, 1.165) is 19.4 Å². The van der Waals surface area contributed by atoms with Crippen LogP contribution >= 0.6 is 0 Å². The maximum atomic E-state index is 4.88. The molecule has 0 aromatic rings. The highest BCUT2D eigenvalue weighted by atomic mass is 16.5. The van der Waals surface area contributed by atoms with E-state index in [1.165, 1.54) is 6.42 Å². The Morgan fingerprint density at radius 3 is 2.78 bits per heavy atom. The van der Waals surface area contributed by atoms with Crippen LogP contribution in [-0.4, -0.2) is 13.7 Å². The van der Waals surface area contributed by atoms with Gasteiger partial charge in [0.05, 0.1) is 0 Å². The molecule has 0 N–H and O–H groups in total. The topological polar surface area (TPSA) is 9.23 Å². The second kappa shape index (κ2) is 7.70. The van der Waals surface area contributed by atoms with E-state index in [0.29, 0.717) is 0 Å². The Kier molecular flexibility index (Phi) is 7.44. The van der Waals surface area contributed by atoms with Gasteiger partial charge in [-0.05, 0) is 26.2 Å². The molecule has 0 heterocycles. The van der Waals surface area contributed by atoms with E-state index in [1.54, 1.807) is 7.11 Å². The monoisotopic (exact) mass is 127 g/mol. The first kappa shape index (κ1) is 8.70. The minimum atomic E-state index is 0.880. The Labute approximate surface area is 57.7 Å². The number of ether oxygens (including phenoxy) is 1. The summed E-state index contributed by atoms with van der Waals surface area (Å²) in [6.07, 6.45) is 7.41. The lowest BCUT2D eigenvalue weighted by molar-refractivity contribution is 0.193. The molecule has 0 rings (SSSR count). The summed E-state index contributed by atoms with van der Waals surface area (Å²) < 4.78 is 4.88. The van der Waals surface area contributed by atoms with Crippen molar-refractivity contribution < 1.29 is 4.74 Å². The molecule has 0 spiro atoms. The molecule has 0 aliphatic rings. The van der Waals surface area contributed by atoms with E-state index in [1.807, 2.05) is 6.08 Å². The molecule has 0 aromatic heterocycles. The van der Waals surface area contributed by atoms with Crippen LogP contribution in [0.2, 0.25) is 0 Å². The molecular weight excluding hydrogens is 112 g/mol. The van der Waals surface area contributed by atoms with E-state index in [2.05, 4.69) is 13.0 Å². The summed E-state index contributed by atoms with van der Waals surface area (Å²) in [4.78, 5) is 0. The maximum absolute atomic E-state index is 4.88. The number of allylic oxidation sites excluding steroid dienone is 2.